The number of para-hydroxylation sites is 1. The van der Waals surface area contributed by atoms with Crippen molar-refractivity contribution in [3.63, 3.8) is 0 Å². The Balaban J connectivity index is 1.99. The molecule has 132 valence electrons. The second-order valence-corrected chi connectivity index (χ2v) is 7.07. The van der Waals surface area contributed by atoms with Gasteiger partial charge in [0.05, 0.1) is 5.56 Å². The number of carbonyl (C=O) groups excluding carboxylic acids is 2. The number of rotatable bonds is 4. The van der Waals surface area contributed by atoms with E-state index in [2.05, 4.69) is 28.2 Å². The highest BCUT2D eigenvalue weighted by molar-refractivity contribution is 7.20. The minimum absolute atomic E-state index is 0.270. The van der Waals surface area contributed by atoms with Crippen molar-refractivity contribution in [3.8, 4) is 10.4 Å². The molecule has 0 bridgehead atoms. The van der Waals surface area contributed by atoms with Gasteiger partial charge in [-0.05, 0) is 19.2 Å². The number of nitrogens with one attached hydrogen (secondary N) is 1. The standard InChI is InChI=1S/C17H21N5O2S/c1-21-6-8-22(9-7-21)13-5-3-2-4-11(13)14-10-12(15(18)23)16(25-14)20-17(19)24/h2-5,10H,6-9H2,1H3,(H2,18,23)(H3,19,20,24). The van der Waals surface area contributed by atoms with Gasteiger partial charge in [-0.1, -0.05) is 18.2 Å². The Morgan fingerprint density at radius 2 is 1.80 bits per heavy atom. The van der Waals surface area contributed by atoms with E-state index in [0.29, 0.717) is 5.00 Å². The Bertz CT molecular complexity index is 796. The summed E-state index contributed by atoms with van der Waals surface area (Å²) >= 11 is 1.30. The molecule has 25 heavy (non-hydrogen) atoms. The van der Waals surface area contributed by atoms with Crippen molar-refractivity contribution in [3.05, 3.63) is 35.9 Å². The predicted octanol–water partition coefficient (Wildman–Crippen LogP) is 1.76. The van der Waals surface area contributed by atoms with E-state index >= 15 is 0 Å². The van der Waals surface area contributed by atoms with Crippen molar-refractivity contribution < 1.29 is 9.59 Å². The molecule has 5 N–H and O–H groups in total. The fourth-order valence-corrected chi connectivity index (χ4v) is 4.02. The number of anilines is 2. The third kappa shape index (κ3) is 3.75. The van der Waals surface area contributed by atoms with Crippen LogP contribution in [0.25, 0.3) is 10.4 Å². The molecule has 0 saturated carbocycles. The first-order valence-corrected chi connectivity index (χ1v) is 8.80. The normalized spacial score (nSPS) is 15.2. The van der Waals surface area contributed by atoms with E-state index in [4.69, 9.17) is 11.5 Å². The number of carbonyl (C=O) groups is 2. The number of likely N-dealkylation sites (N-methyl/N-ethyl adjacent to an activating group) is 1. The highest BCUT2D eigenvalue weighted by atomic mass is 32.1. The maximum Gasteiger partial charge on any atom is 0.317 e. The van der Waals surface area contributed by atoms with Crippen LogP contribution in [0.2, 0.25) is 0 Å². The zero-order valence-corrected chi connectivity index (χ0v) is 14.8. The molecule has 0 spiro atoms. The van der Waals surface area contributed by atoms with E-state index in [1.807, 2.05) is 18.2 Å². The second-order valence-electron chi connectivity index (χ2n) is 6.01. The molecule has 8 heteroatoms. The zero-order chi connectivity index (χ0) is 18.0. The molecule has 1 aromatic heterocycles. The SMILES string of the molecule is CN1CCN(c2ccccc2-c2cc(C(N)=O)c(NC(N)=O)s2)CC1. The van der Waals surface area contributed by atoms with Gasteiger partial charge in [-0.2, -0.15) is 0 Å². The largest absolute Gasteiger partial charge is 0.368 e. The minimum Gasteiger partial charge on any atom is -0.368 e. The second kappa shape index (κ2) is 7.12. The lowest BCUT2D eigenvalue weighted by Crippen LogP contribution is -2.44. The van der Waals surface area contributed by atoms with E-state index in [-0.39, 0.29) is 5.56 Å². The highest BCUT2D eigenvalue weighted by Crippen LogP contribution is 2.40. The first-order valence-electron chi connectivity index (χ1n) is 7.98. The molecule has 2 aromatic rings. The van der Waals surface area contributed by atoms with Gasteiger partial charge in [0.15, 0.2) is 0 Å². The third-order valence-corrected chi connectivity index (χ3v) is 5.33. The number of amides is 3. The molecule has 0 unspecified atom stereocenters. The lowest BCUT2D eigenvalue weighted by molar-refractivity contribution is 0.100. The molecule has 7 nitrogen and oxygen atoms in total. The average molecular weight is 359 g/mol. The Morgan fingerprint density at radius 3 is 2.44 bits per heavy atom. The third-order valence-electron chi connectivity index (χ3n) is 4.25. The molecule has 1 aliphatic rings. The summed E-state index contributed by atoms with van der Waals surface area (Å²) in [5, 5.41) is 2.86. The summed E-state index contributed by atoms with van der Waals surface area (Å²) in [6.45, 7) is 3.88. The molecule has 3 rings (SSSR count). The molecule has 0 atom stereocenters. The minimum atomic E-state index is -0.719. The van der Waals surface area contributed by atoms with Gasteiger partial charge in [0.2, 0.25) is 0 Å². The van der Waals surface area contributed by atoms with Crippen molar-refractivity contribution in [2.24, 2.45) is 11.5 Å². The van der Waals surface area contributed by atoms with Gasteiger partial charge in [-0.3, -0.25) is 10.1 Å². The lowest BCUT2D eigenvalue weighted by Gasteiger charge is -2.35. The summed E-state index contributed by atoms with van der Waals surface area (Å²) in [4.78, 5) is 28.4. The Morgan fingerprint density at radius 1 is 1.12 bits per heavy atom. The number of nitrogens with zero attached hydrogens (tertiary/aromatic N) is 2. The fourth-order valence-electron chi connectivity index (χ4n) is 2.92. The Hall–Kier alpha value is -2.58. The van der Waals surface area contributed by atoms with Crippen LogP contribution in [0.3, 0.4) is 0 Å². The lowest BCUT2D eigenvalue weighted by atomic mass is 10.1. The maximum absolute atomic E-state index is 11.7. The zero-order valence-electron chi connectivity index (χ0n) is 14.0. The topological polar surface area (TPSA) is 105 Å². The van der Waals surface area contributed by atoms with Gasteiger partial charge >= 0.3 is 6.03 Å². The van der Waals surface area contributed by atoms with E-state index in [0.717, 1.165) is 42.3 Å². The van der Waals surface area contributed by atoms with Crippen LogP contribution in [-0.4, -0.2) is 50.1 Å². The average Bonchev–Trinajstić information content (AvgIpc) is 2.99. The van der Waals surface area contributed by atoms with Crippen LogP contribution in [0.5, 0.6) is 0 Å². The van der Waals surface area contributed by atoms with Gasteiger partial charge in [-0.25, -0.2) is 4.79 Å². The number of hydrogen-bond acceptors (Lipinski definition) is 5. The summed E-state index contributed by atoms with van der Waals surface area (Å²) in [5.74, 6) is -0.594. The van der Waals surface area contributed by atoms with Crippen LogP contribution in [-0.2, 0) is 0 Å². The van der Waals surface area contributed by atoms with Crippen LogP contribution in [0, 0.1) is 0 Å². The number of urea groups is 1. The van der Waals surface area contributed by atoms with Gasteiger partial charge in [-0.15, -0.1) is 11.3 Å². The summed E-state index contributed by atoms with van der Waals surface area (Å²) in [6.07, 6.45) is 0. The smallest absolute Gasteiger partial charge is 0.317 e. The van der Waals surface area contributed by atoms with Gasteiger partial charge in [0.1, 0.15) is 5.00 Å². The molecule has 1 aromatic carbocycles. The van der Waals surface area contributed by atoms with Crippen molar-refractivity contribution in [2.45, 2.75) is 0 Å². The van der Waals surface area contributed by atoms with Gasteiger partial charge in [0.25, 0.3) is 5.91 Å². The molecule has 2 heterocycles. The van der Waals surface area contributed by atoms with E-state index in [1.54, 1.807) is 6.07 Å². The highest BCUT2D eigenvalue weighted by Gasteiger charge is 2.21. The van der Waals surface area contributed by atoms with E-state index in [9.17, 15) is 9.59 Å². The molecule has 0 radical (unpaired) electrons. The summed E-state index contributed by atoms with van der Waals surface area (Å²) in [7, 11) is 2.11. The molecular weight excluding hydrogens is 338 g/mol. The number of piperazine rings is 1. The Kier molecular flexibility index (Phi) is 4.91. The summed E-state index contributed by atoms with van der Waals surface area (Å²) < 4.78 is 0. The van der Waals surface area contributed by atoms with Crippen molar-refractivity contribution >= 4 is 34.0 Å². The van der Waals surface area contributed by atoms with Crippen LogP contribution in [0.4, 0.5) is 15.5 Å². The Labute approximate surface area is 150 Å². The first kappa shape index (κ1) is 17.2. The van der Waals surface area contributed by atoms with E-state index in [1.165, 1.54) is 11.3 Å². The maximum atomic E-state index is 11.7. The van der Waals surface area contributed by atoms with E-state index < -0.39 is 11.9 Å². The van der Waals surface area contributed by atoms with Gasteiger partial charge in [0, 0.05) is 42.3 Å². The molecule has 1 fully saturated rings. The number of hydrogen-bond donors (Lipinski definition) is 3. The monoisotopic (exact) mass is 359 g/mol. The first-order chi connectivity index (χ1) is 12.0. The molecule has 0 aliphatic carbocycles. The van der Waals surface area contributed by atoms with Crippen molar-refractivity contribution in [2.75, 3.05) is 43.4 Å². The molecule has 1 saturated heterocycles. The number of nitrogens with two attached hydrogens (primary N) is 2. The summed E-state index contributed by atoms with van der Waals surface area (Å²) in [5.41, 5.74) is 13.0. The van der Waals surface area contributed by atoms with Crippen molar-refractivity contribution in [1.29, 1.82) is 0 Å². The van der Waals surface area contributed by atoms with Crippen LogP contribution < -0.4 is 21.7 Å². The fraction of sp³-hybridized carbons (Fsp3) is 0.294. The van der Waals surface area contributed by atoms with Gasteiger partial charge < -0.3 is 21.3 Å². The molecule has 1 aliphatic heterocycles. The van der Waals surface area contributed by atoms with Crippen LogP contribution in [0.15, 0.2) is 30.3 Å². The summed E-state index contributed by atoms with van der Waals surface area (Å²) in [6, 6.07) is 9.04. The van der Waals surface area contributed by atoms with Crippen molar-refractivity contribution in [1.82, 2.24) is 4.90 Å². The quantitative estimate of drug-likeness (QED) is 0.773. The van der Waals surface area contributed by atoms with Crippen LogP contribution in [0.1, 0.15) is 10.4 Å². The number of thiophene rings is 1. The van der Waals surface area contributed by atoms with Crippen LogP contribution >= 0.6 is 11.3 Å². The number of benzene rings is 1. The molecule has 3 amide bonds. The molecular formula is C17H21N5O2S. The predicted molar refractivity (Wildman–Crippen MR) is 101 cm³/mol. The number of primary amides is 2.